The predicted molar refractivity (Wildman–Crippen MR) is 46.6 cm³/mol. The molecule has 0 aliphatic carbocycles. The SMILES string of the molecule is N#CCC(OC=O)c1ccccc1. The molecule has 0 bridgehead atoms. The number of ether oxygens (including phenoxy) is 1. The maximum absolute atomic E-state index is 10.1. The van der Waals surface area contributed by atoms with Crippen LogP contribution in [-0.4, -0.2) is 6.47 Å². The summed E-state index contributed by atoms with van der Waals surface area (Å²) in [5, 5.41) is 8.48. The van der Waals surface area contributed by atoms with Crippen LogP contribution >= 0.6 is 0 Å². The van der Waals surface area contributed by atoms with Gasteiger partial charge in [-0.2, -0.15) is 5.26 Å². The molecule has 0 fully saturated rings. The normalized spacial score (nSPS) is 11.3. The molecule has 1 aromatic carbocycles. The van der Waals surface area contributed by atoms with Gasteiger partial charge in [0.05, 0.1) is 12.5 Å². The fourth-order valence-electron chi connectivity index (χ4n) is 1.06. The molecule has 3 nitrogen and oxygen atoms in total. The Kier molecular flexibility index (Phi) is 3.52. The number of carbonyl (C=O) groups excluding carboxylic acids is 1. The van der Waals surface area contributed by atoms with E-state index in [1.54, 1.807) is 0 Å². The Morgan fingerprint density at radius 3 is 2.69 bits per heavy atom. The maximum atomic E-state index is 10.1. The second-order valence-electron chi connectivity index (χ2n) is 2.49. The number of nitrogens with zero attached hydrogens (tertiary/aromatic N) is 1. The van der Waals surface area contributed by atoms with Gasteiger partial charge < -0.3 is 4.74 Å². The van der Waals surface area contributed by atoms with Crippen LogP contribution in [0.5, 0.6) is 0 Å². The summed E-state index contributed by atoms with van der Waals surface area (Å²) in [6.45, 7) is 0.370. The van der Waals surface area contributed by atoms with Crippen LogP contribution in [0.2, 0.25) is 0 Å². The summed E-state index contributed by atoms with van der Waals surface area (Å²) in [7, 11) is 0. The van der Waals surface area contributed by atoms with Gasteiger partial charge in [0.25, 0.3) is 6.47 Å². The van der Waals surface area contributed by atoms with E-state index in [2.05, 4.69) is 0 Å². The molecule has 1 atom stereocenters. The van der Waals surface area contributed by atoms with E-state index in [9.17, 15) is 4.79 Å². The molecule has 0 aliphatic rings. The van der Waals surface area contributed by atoms with E-state index in [0.29, 0.717) is 6.47 Å². The average molecular weight is 175 g/mol. The van der Waals surface area contributed by atoms with Crippen LogP contribution in [0.4, 0.5) is 0 Å². The molecule has 0 aliphatic heterocycles. The minimum absolute atomic E-state index is 0.183. The van der Waals surface area contributed by atoms with Gasteiger partial charge in [-0.3, -0.25) is 4.79 Å². The summed E-state index contributed by atoms with van der Waals surface area (Å²) in [5.41, 5.74) is 0.844. The smallest absolute Gasteiger partial charge is 0.293 e. The van der Waals surface area contributed by atoms with Gasteiger partial charge in [0.2, 0.25) is 0 Å². The molecular formula is C10H9NO2. The van der Waals surface area contributed by atoms with Crippen molar-refractivity contribution in [1.82, 2.24) is 0 Å². The summed E-state index contributed by atoms with van der Waals surface area (Å²) in [5.74, 6) is 0. The Morgan fingerprint density at radius 1 is 1.46 bits per heavy atom. The largest absolute Gasteiger partial charge is 0.459 e. The van der Waals surface area contributed by atoms with Crippen molar-refractivity contribution in [3.63, 3.8) is 0 Å². The van der Waals surface area contributed by atoms with E-state index in [1.165, 1.54) is 0 Å². The van der Waals surface area contributed by atoms with Crippen LogP contribution in [0.25, 0.3) is 0 Å². The third-order valence-corrected chi connectivity index (χ3v) is 1.67. The Labute approximate surface area is 76.6 Å². The van der Waals surface area contributed by atoms with Gasteiger partial charge in [-0.1, -0.05) is 30.3 Å². The first-order valence-electron chi connectivity index (χ1n) is 3.89. The Bertz CT molecular complexity index is 302. The van der Waals surface area contributed by atoms with Crippen molar-refractivity contribution in [2.45, 2.75) is 12.5 Å². The van der Waals surface area contributed by atoms with E-state index in [0.717, 1.165) is 5.56 Å². The zero-order valence-corrected chi connectivity index (χ0v) is 7.01. The zero-order chi connectivity index (χ0) is 9.52. The highest BCUT2D eigenvalue weighted by Crippen LogP contribution is 2.18. The lowest BCUT2D eigenvalue weighted by molar-refractivity contribution is -0.133. The van der Waals surface area contributed by atoms with Gasteiger partial charge in [0.1, 0.15) is 6.10 Å². The number of nitriles is 1. The molecule has 1 unspecified atom stereocenters. The molecule has 0 saturated heterocycles. The molecular weight excluding hydrogens is 166 g/mol. The minimum Gasteiger partial charge on any atom is -0.459 e. The summed E-state index contributed by atoms with van der Waals surface area (Å²) in [6.07, 6.45) is -0.258. The van der Waals surface area contributed by atoms with Gasteiger partial charge >= 0.3 is 0 Å². The Balaban J connectivity index is 2.76. The van der Waals surface area contributed by atoms with Crippen LogP contribution in [0, 0.1) is 11.3 Å². The summed E-state index contributed by atoms with van der Waals surface area (Å²) in [4.78, 5) is 10.1. The van der Waals surface area contributed by atoms with E-state index in [-0.39, 0.29) is 6.42 Å². The second-order valence-corrected chi connectivity index (χ2v) is 2.49. The number of rotatable bonds is 4. The second kappa shape index (κ2) is 4.94. The van der Waals surface area contributed by atoms with Crippen molar-refractivity contribution >= 4 is 6.47 Å². The number of benzene rings is 1. The highest BCUT2D eigenvalue weighted by Gasteiger charge is 2.10. The Morgan fingerprint density at radius 2 is 2.15 bits per heavy atom. The van der Waals surface area contributed by atoms with Crippen LogP contribution in [-0.2, 0) is 9.53 Å². The zero-order valence-electron chi connectivity index (χ0n) is 7.01. The summed E-state index contributed by atoms with van der Waals surface area (Å²) >= 11 is 0. The van der Waals surface area contributed by atoms with Crippen molar-refractivity contribution in [3.8, 4) is 6.07 Å². The van der Waals surface area contributed by atoms with Crippen molar-refractivity contribution in [2.75, 3.05) is 0 Å². The van der Waals surface area contributed by atoms with Crippen molar-refractivity contribution < 1.29 is 9.53 Å². The molecule has 0 radical (unpaired) electrons. The highest BCUT2D eigenvalue weighted by atomic mass is 16.5. The molecule has 0 saturated carbocycles. The molecule has 0 heterocycles. The fourth-order valence-corrected chi connectivity index (χ4v) is 1.06. The van der Waals surface area contributed by atoms with Gasteiger partial charge in [-0.05, 0) is 5.56 Å². The first-order valence-corrected chi connectivity index (χ1v) is 3.89. The van der Waals surface area contributed by atoms with Crippen LogP contribution < -0.4 is 0 Å². The van der Waals surface area contributed by atoms with Gasteiger partial charge in [-0.15, -0.1) is 0 Å². The number of hydrogen-bond acceptors (Lipinski definition) is 3. The standard InChI is InChI=1S/C10H9NO2/c11-7-6-10(13-8-12)9-4-2-1-3-5-9/h1-5,8,10H,6H2. The van der Waals surface area contributed by atoms with E-state index >= 15 is 0 Å². The fraction of sp³-hybridized carbons (Fsp3) is 0.200. The van der Waals surface area contributed by atoms with Gasteiger partial charge in [0.15, 0.2) is 0 Å². The molecule has 1 rings (SSSR count). The molecule has 0 aromatic heterocycles. The van der Waals surface area contributed by atoms with Crippen molar-refractivity contribution in [2.24, 2.45) is 0 Å². The first kappa shape index (κ1) is 9.27. The predicted octanol–water partition coefficient (Wildman–Crippen LogP) is 1.81. The average Bonchev–Trinajstić information content (AvgIpc) is 2.19. The maximum Gasteiger partial charge on any atom is 0.293 e. The van der Waals surface area contributed by atoms with Gasteiger partial charge in [-0.25, -0.2) is 0 Å². The van der Waals surface area contributed by atoms with E-state index < -0.39 is 6.10 Å². The molecule has 0 spiro atoms. The quantitative estimate of drug-likeness (QED) is 0.656. The van der Waals surface area contributed by atoms with E-state index in [4.69, 9.17) is 10.00 Å². The molecule has 1 aromatic rings. The van der Waals surface area contributed by atoms with Crippen LogP contribution in [0.15, 0.2) is 30.3 Å². The highest BCUT2D eigenvalue weighted by molar-refractivity contribution is 5.38. The molecule has 3 heteroatoms. The van der Waals surface area contributed by atoms with E-state index in [1.807, 2.05) is 36.4 Å². The lowest BCUT2D eigenvalue weighted by Gasteiger charge is -2.10. The molecule has 0 N–H and O–H groups in total. The molecule has 13 heavy (non-hydrogen) atoms. The Hall–Kier alpha value is -1.82. The first-order chi connectivity index (χ1) is 6.38. The van der Waals surface area contributed by atoms with Crippen molar-refractivity contribution in [3.05, 3.63) is 35.9 Å². The van der Waals surface area contributed by atoms with Gasteiger partial charge in [0, 0.05) is 0 Å². The lowest BCUT2D eigenvalue weighted by atomic mass is 10.1. The number of hydrogen-bond donors (Lipinski definition) is 0. The van der Waals surface area contributed by atoms with Crippen LogP contribution in [0.1, 0.15) is 18.1 Å². The third kappa shape index (κ3) is 2.60. The van der Waals surface area contributed by atoms with Crippen molar-refractivity contribution in [1.29, 1.82) is 5.26 Å². The third-order valence-electron chi connectivity index (χ3n) is 1.67. The van der Waals surface area contributed by atoms with Crippen LogP contribution in [0.3, 0.4) is 0 Å². The molecule has 0 amide bonds. The summed E-state index contributed by atoms with van der Waals surface area (Å²) < 4.78 is 4.77. The summed E-state index contributed by atoms with van der Waals surface area (Å²) in [6, 6.07) is 11.2. The minimum atomic E-state index is -0.441. The molecule has 66 valence electrons. The lowest BCUT2D eigenvalue weighted by Crippen LogP contribution is -2.01. The monoisotopic (exact) mass is 175 g/mol. The topological polar surface area (TPSA) is 50.1 Å². The number of carbonyl (C=O) groups is 1.